The van der Waals surface area contributed by atoms with E-state index < -0.39 is 35.8 Å². The Morgan fingerprint density at radius 1 is 1.26 bits per heavy atom. The fourth-order valence-electron chi connectivity index (χ4n) is 4.34. The molecule has 2 saturated heterocycles. The number of fused-ring (bicyclic) bond motifs is 1. The Hall–Kier alpha value is -3.04. The second-order valence-electron chi connectivity index (χ2n) is 9.32. The number of cyclic esters (lactones) is 1. The predicted octanol–water partition coefficient (Wildman–Crippen LogP) is 2.70. The quantitative estimate of drug-likeness (QED) is 0.788. The van der Waals surface area contributed by atoms with Gasteiger partial charge in [-0.2, -0.15) is 0 Å². The van der Waals surface area contributed by atoms with Crippen LogP contribution in [0.4, 0.5) is 24.5 Å². The number of halogens is 1. The van der Waals surface area contributed by atoms with Gasteiger partial charge in [0, 0.05) is 25.7 Å². The van der Waals surface area contributed by atoms with Gasteiger partial charge in [-0.1, -0.05) is 6.07 Å². The van der Waals surface area contributed by atoms with E-state index in [0.717, 1.165) is 4.90 Å². The second-order valence-corrected chi connectivity index (χ2v) is 9.32. The van der Waals surface area contributed by atoms with Crippen molar-refractivity contribution in [3.8, 4) is 0 Å². The maximum absolute atomic E-state index is 15.0. The van der Waals surface area contributed by atoms with Gasteiger partial charge in [0.1, 0.15) is 12.4 Å². The first-order valence-corrected chi connectivity index (χ1v) is 10.2. The van der Waals surface area contributed by atoms with Crippen molar-refractivity contribution >= 4 is 23.9 Å². The summed E-state index contributed by atoms with van der Waals surface area (Å²) in [6.45, 7) is 6.49. The molecule has 0 bridgehead atoms. The standard InChI is InChI=1S/C21H27FN4O5/c1-21(2,3)24(4)19(28)31-16-10-30-20(29)26(16)11-5-6-12(15(22)7-11)17-13-8-25(18(23)27)9-14(13)17/h5-7,13-14,16-17H,8-10H2,1-4H3,(H2,23,27)/t13-,14+,16?,17?. The molecule has 0 spiro atoms. The molecule has 2 heterocycles. The van der Waals surface area contributed by atoms with Crippen LogP contribution in [0.15, 0.2) is 18.2 Å². The van der Waals surface area contributed by atoms with Crippen molar-refractivity contribution in [1.82, 2.24) is 9.80 Å². The molecule has 1 saturated carbocycles. The minimum absolute atomic E-state index is 0.0317. The summed E-state index contributed by atoms with van der Waals surface area (Å²) in [5, 5.41) is 0. The van der Waals surface area contributed by atoms with Crippen LogP contribution in [0.1, 0.15) is 32.3 Å². The number of nitrogens with two attached hydrogens (primary N) is 1. The number of hydrogen-bond acceptors (Lipinski definition) is 5. The van der Waals surface area contributed by atoms with Crippen LogP contribution in [0, 0.1) is 17.7 Å². The van der Waals surface area contributed by atoms with Gasteiger partial charge in [-0.05, 0) is 56.2 Å². The number of nitrogens with zero attached hydrogens (tertiary/aromatic N) is 3. The van der Waals surface area contributed by atoms with E-state index >= 15 is 0 Å². The largest absolute Gasteiger partial charge is 0.443 e. The minimum Gasteiger partial charge on any atom is -0.443 e. The lowest BCUT2D eigenvalue weighted by Gasteiger charge is -2.32. The number of amides is 4. The summed E-state index contributed by atoms with van der Waals surface area (Å²) in [7, 11) is 1.60. The third kappa shape index (κ3) is 3.75. The Balaban J connectivity index is 1.47. The maximum Gasteiger partial charge on any atom is 0.417 e. The highest BCUT2D eigenvalue weighted by atomic mass is 19.1. The molecule has 1 aliphatic carbocycles. The summed E-state index contributed by atoms with van der Waals surface area (Å²) in [4.78, 5) is 40.1. The molecular weight excluding hydrogens is 407 g/mol. The van der Waals surface area contributed by atoms with Crippen molar-refractivity contribution in [2.45, 2.75) is 38.5 Å². The lowest BCUT2D eigenvalue weighted by molar-refractivity contribution is 0.0430. The fraction of sp³-hybridized carbons (Fsp3) is 0.571. The number of primary amides is 1. The molecule has 3 fully saturated rings. The summed E-state index contributed by atoms with van der Waals surface area (Å²) in [6, 6.07) is 4.08. The summed E-state index contributed by atoms with van der Waals surface area (Å²) < 4.78 is 25.5. The van der Waals surface area contributed by atoms with Crippen LogP contribution in [0.3, 0.4) is 0 Å². The lowest BCUT2D eigenvalue weighted by Crippen LogP contribution is -2.46. The normalized spacial score (nSPS) is 27.1. The number of urea groups is 1. The zero-order valence-corrected chi connectivity index (χ0v) is 18.0. The number of piperidine rings is 1. The van der Waals surface area contributed by atoms with E-state index in [0.29, 0.717) is 18.7 Å². The molecule has 2 N–H and O–H groups in total. The highest BCUT2D eigenvalue weighted by Gasteiger charge is 2.57. The summed E-state index contributed by atoms with van der Waals surface area (Å²) in [6.07, 6.45) is -2.30. The lowest BCUT2D eigenvalue weighted by atomic mass is 10.1. The number of carbonyl (C=O) groups excluding carboxylic acids is 3. The van der Waals surface area contributed by atoms with E-state index in [1.807, 2.05) is 20.8 Å². The van der Waals surface area contributed by atoms with E-state index in [-0.39, 0.29) is 30.0 Å². The van der Waals surface area contributed by atoms with Crippen LogP contribution < -0.4 is 10.6 Å². The van der Waals surface area contributed by atoms with E-state index in [2.05, 4.69) is 0 Å². The Kier molecular flexibility index (Phi) is 4.98. The number of hydrogen-bond donors (Lipinski definition) is 1. The van der Waals surface area contributed by atoms with Crippen molar-refractivity contribution in [3.63, 3.8) is 0 Å². The number of ether oxygens (including phenoxy) is 2. The highest BCUT2D eigenvalue weighted by molar-refractivity contribution is 5.90. The van der Waals surface area contributed by atoms with E-state index in [1.54, 1.807) is 24.1 Å². The fourth-order valence-corrected chi connectivity index (χ4v) is 4.34. The van der Waals surface area contributed by atoms with Crippen molar-refractivity contribution in [1.29, 1.82) is 0 Å². The molecule has 4 rings (SSSR count). The first-order chi connectivity index (χ1) is 14.5. The Morgan fingerprint density at radius 2 is 1.90 bits per heavy atom. The van der Waals surface area contributed by atoms with Crippen LogP contribution in [-0.2, 0) is 9.47 Å². The Labute approximate surface area is 179 Å². The number of rotatable bonds is 3. The van der Waals surface area contributed by atoms with Gasteiger partial charge in [0.05, 0.1) is 5.69 Å². The molecule has 2 unspecified atom stereocenters. The van der Waals surface area contributed by atoms with E-state index in [4.69, 9.17) is 15.2 Å². The smallest absolute Gasteiger partial charge is 0.417 e. The zero-order chi connectivity index (χ0) is 22.7. The molecule has 4 atom stereocenters. The molecule has 10 heteroatoms. The van der Waals surface area contributed by atoms with E-state index in [9.17, 15) is 18.8 Å². The van der Waals surface area contributed by atoms with Crippen molar-refractivity contribution in [2.24, 2.45) is 17.6 Å². The van der Waals surface area contributed by atoms with Crippen LogP contribution in [-0.4, -0.2) is 66.5 Å². The summed E-state index contributed by atoms with van der Waals surface area (Å²) >= 11 is 0. The van der Waals surface area contributed by atoms with E-state index in [1.165, 1.54) is 11.0 Å². The van der Waals surface area contributed by atoms with Gasteiger partial charge in [0.15, 0.2) is 0 Å². The summed E-state index contributed by atoms with van der Waals surface area (Å²) in [5.74, 6) is -0.0131. The van der Waals surface area contributed by atoms with Crippen molar-refractivity contribution in [2.75, 3.05) is 31.6 Å². The predicted molar refractivity (Wildman–Crippen MR) is 109 cm³/mol. The first-order valence-electron chi connectivity index (χ1n) is 10.2. The monoisotopic (exact) mass is 434 g/mol. The van der Waals surface area contributed by atoms with Crippen molar-refractivity contribution < 1.29 is 28.2 Å². The molecule has 2 aliphatic heterocycles. The highest BCUT2D eigenvalue weighted by Crippen LogP contribution is 2.58. The summed E-state index contributed by atoms with van der Waals surface area (Å²) in [5.41, 5.74) is 5.65. The molecule has 1 aromatic carbocycles. The molecule has 168 valence electrons. The number of likely N-dealkylation sites (tertiary alicyclic amines) is 1. The molecule has 1 aromatic rings. The number of anilines is 1. The number of benzene rings is 1. The van der Waals surface area contributed by atoms with Gasteiger partial charge < -0.3 is 25.0 Å². The second kappa shape index (κ2) is 7.28. The Bertz CT molecular complexity index is 921. The van der Waals surface area contributed by atoms with Crippen LogP contribution >= 0.6 is 0 Å². The van der Waals surface area contributed by atoms with Crippen LogP contribution in [0.2, 0.25) is 0 Å². The van der Waals surface area contributed by atoms with Gasteiger partial charge in [0.25, 0.3) is 0 Å². The molecule has 3 aliphatic rings. The molecule has 0 aromatic heterocycles. The van der Waals surface area contributed by atoms with Gasteiger partial charge in [-0.3, -0.25) is 0 Å². The van der Waals surface area contributed by atoms with Gasteiger partial charge >= 0.3 is 18.2 Å². The number of carbonyl (C=O) groups is 3. The zero-order valence-electron chi connectivity index (χ0n) is 18.0. The third-order valence-electron chi connectivity index (χ3n) is 6.48. The molecular formula is C21H27FN4O5. The molecule has 31 heavy (non-hydrogen) atoms. The molecule has 9 nitrogen and oxygen atoms in total. The third-order valence-corrected chi connectivity index (χ3v) is 6.48. The van der Waals surface area contributed by atoms with Crippen molar-refractivity contribution in [3.05, 3.63) is 29.6 Å². The topological polar surface area (TPSA) is 105 Å². The average molecular weight is 434 g/mol. The van der Waals surface area contributed by atoms with Gasteiger partial charge in [-0.25, -0.2) is 23.7 Å². The molecule has 0 radical (unpaired) electrons. The van der Waals surface area contributed by atoms with Gasteiger partial charge in [-0.15, -0.1) is 0 Å². The minimum atomic E-state index is -0.987. The maximum atomic E-state index is 15.0. The van der Waals surface area contributed by atoms with Crippen LogP contribution in [0.25, 0.3) is 0 Å². The van der Waals surface area contributed by atoms with Gasteiger partial charge in [0.2, 0.25) is 6.23 Å². The Morgan fingerprint density at radius 3 is 2.45 bits per heavy atom. The first kappa shape index (κ1) is 21.2. The SMILES string of the molecule is CN(C(=O)OC1COC(=O)N1c1ccc(C2[C@H]3CN(C(N)=O)C[C@@H]23)c(F)c1)C(C)(C)C. The molecule has 4 amide bonds. The van der Waals surface area contributed by atoms with Crippen LogP contribution in [0.5, 0.6) is 0 Å². The average Bonchev–Trinajstić information content (AvgIpc) is 3.00.